The molecule has 1 saturated heterocycles. The van der Waals surface area contributed by atoms with Crippen LogP contribution < -0.4 is 5.32 Å². The molecule has 4 nitrogen and oxygen atoms in total. The molecule has 1 fully saturated rings. The monoisotopic (exact) mass is 244 g/mol. The van der Waals surface area contributed by atoms with Crippen molar-refractivity contribution in [2.45, 2.75) is 32.7 Å². The smallest absolute Gasteiger partial charge is 0.0593 e. The number of rotatable bonds is 10. The molecule has 0 aromatic carbocycles. The third kappa shape index (κ3) is 6.99. The molecule has 0 aromatic rings. The summed E-state index contributed by atoms with van der Waals surface area (Å²) in [6, 6.07) is 0.665. The predicted molar refractivity (Wildman–Crippen MR) is 70.5 cm³/mol. The second-order valence-electron chi connectivity index (χ2n) is 4.49. The van der Waals surface area contributed by atoms with Crippen molar-refractivity contribution in [3.8, 4) is 0 Å². The normalized spacial score (nSPS) is 20.3. The van der Waals surface area contributed by atoms with Crippen LogP contribution in [0.1, 0.15) is 26.7 Å². The van der Waals surface area contributed by atoms with Crippen LogP contribution in [0.25, 0.3) is 0 Å². The molecule has 1 heterocycles. The lowest BCUT2D eigenvalue weighted by Crippen LogP contribution is -2.40. The minimum atomic E-state index is 0.665. The Hall–Kier alpha value is -0.160. The predicted octanol–water partition coefficient (Wildman–Crippen LogP) is 1.11. The zero-order chi connectivity index (χ0) is 12.3. The Morgan fingerprint density at radius 1 is 1.12 bits per heavy atom. The highest BCUT2D eigenvalue weighted by Crippen LogP contribution is 2.06. The molecular formula is C13H28N2O2. The molecule has 1 aliphatic rings. The van der Waals surface area contributed by atoms with Gasteiger partial charge in [0.2, 0.25) is 0 Å². The second-order valence-corrected chi connectivity index (χ2v) is 4.49. The topological polar surface area (TPSA) is 33.7 Å². The number of nitrogens with zero attached hydrogens (tertiary/aromatic N) is 1. The molecule has 4 heteroatoms. The van der Waals surface area contributed by atoms with Crippen molar-refractivity contribution in [2.75, 3.05) is 52.6 Å². The Labute approximate surface area is 106 Å². The number of ether oxygens (including phenoxy) is 2. The van der Waals surface area contributed by atoms with Gasteiger partial charge in [-0.05, 0) is 33.2 Å². The zero-order valence-electron chi connectivity index (χ0n) is 11.4. The molecule has 1 rings (SSSR count). The number of hydrogen-bond donors (Lipinski definition) is 1. The maximum atomic E-state index is 5.43. The van der Waals surface area contributed by atoms with E-state index in [0.717, 1.165) is 46.1 Å². The van der Waals surface area contributed by atoms with Crippen LogP contribution in [0.4, 0.5) is 0 Å². The van der Waals surface area contributed by atoms with E-state index in [1.54, 1.807) is 0 Å². The third-order valence-electron chi connectivity index (χ3n) is 3.15. The van der Waals surface area contributed by atoms with Gasteiger partial charge in [-0.3, -0.25) is 4.90 Å². The van der Waals surface area contributed by atoms with Gasteiger partial charge in [0, 0.05) is 38.9 Å². The van der Waals surface area contributed by atoms with E-state index in [9.17, 15) is 0 Å². The average molecular weight is 244 g/mol. The van der Waals surface area contributed by atoms with Crippen molar-refractivity contribution in [3.05, 3.63) is 0 Å². The largest absolute Gasteiger partial charge is 0.380 e. The van der Waals surface area contributed by atoms with Gasteiger partial charge in [0.1, 0.15) is 0 Å². The van der Waals surface area contributed by atoms with Crippen LogP contribution in [0.5, 0.6) is 0 Å². The average Bonchev–Trinajstić information content (AvgIpc) is 2.82. The van der Waals surface area contributed by atoms with Crippen molar-refractivity contribution in [1.29, 1.82) is 0 Å². The molecule has 0 bridgehead atoms. The van der Waals surface area contributed by atoms with Crippen LogP contribution in [-0.2, 0) is 9.47 Å². The molecule has 102 valence electrons. The molecule has 1 unspecified atom stereocenters. The van der Waals surface area contributed by atoms with Gasteiger partial charge in [-0.2, -0.15) is 0 Å². The highest BCUT2D eigenvalue weighted by atomic mass is 16.5. The Morgan fingerprint density at radius 3 is 2.24 bits per heavy atom. The van der Waals surface area contributed by atoms with Gasteiger partial charge in [0.25, 0.3) is 0 Å². The molecule has 0 radical (unpaired) electrons. The van der Waals surface area contributed by atoms with E-state index in [-0.39, 0.29) is 0 Å². The van der Waals surface area contributed by atoms with Crippen LogP contribution in [0.15, 0.2) is 0 Å². The summed E-state index contributed by atoms with van der Waals surface area (Å²) in [6.07, 6.45) is 2.62. The minimum Gasteiger partial charge on any atom is -0.380 e. The molecule has 17 heavy (non-hydrogen) atoms. The number of nitrogens with one attached hydrogen (secondary N) is 1. The Bertz CT molecular complexity index is 163. The van der Waals surface area contributed by atoms with E-state index in [2.05, 4.69) is 10.2 Å². The van der Waals surface area contributed by atoms with Gasteiger partial charge in [-0.15, -0.1) is 0 Å². The van der Waals surface area contributed by atoms with Crippen molar-refractivity contribution in [2.24, 2.45) is 0 Å². The second kappa shape index (κ2) is 9.83. The SMILES string of the molecule is CCOCCN(CCOCC)CC1CCCN1. The molecule has 0 spiro atoms. The first-order valence-electron chi connectivity index (χ1n) is 6.98. The highest BCUT2D eigenvalue weighted by molar-refractivity contribution is 4.77. The third-order valence-corrected chi connectivity index (χ3v) is 3.15. The molecular weight excluding hydrogens is 216 g/mol. The Morgan fingerprint density at radius 2 is 1.76 bits per heavy atom. The molecule has 1 aliphatic heterocycles. The highest BCUT2D eigenvalue weighted by Gasteiger charge is 2.17. The van der Waals surface area contributed by atoms with Crippen molar-refractivity contribution in [1.82, 2.24) is 10.2 Å². The van der Waals surface area contributed by atoms with Crippen LogP contribution in [0.3, 0.4) is 0 Å². The fourth-order valence-corrected chi connectivity index (χ4v) is 2.19. The van der Waals surface area contributed by atoms with Gasteiger partial charge in [0.05, 0.1) is 13.2 Å². The van der Waals surface area contributed by atoms with Crippen molar-refractivity contribution in [3.63, 3.8) is 0 Å². The molecule has 0 aromatic heterocycles. The quantitative estimate of drug-likeness (QED) is 0.584. The van der Waals surface area contributed by atoms with Gasteiger partial charge in [-0.1, -0.05) is 0 Å². The maximum absolute atomic E-state index is 5.43. The Kier molecular flexibility index (Phi) is 8.61. The molecule has 1 atom stereocenters. The fraction of sp³-hybridized carbons (Fsp3) is 1.00. The van der Waals surface area contributed by atoms with Gasteiger partial charge in [0.15, 0.2) is 0 Å². The van der Waals surface area contributed by atoms with Gasteiger partial charge in [-0.25, -0.2) is 0 Å². The van der Waals surface area contributed by atoms with E-state index in [0.29, 0.717) is 6.04 Å². The first kappa shape index (κ1) is 14.9. The van der Waals surface area contributed by atoms with E-state index in [4.69, 9.17) is 9.47 Å². The summed E-state index contributed by atoms with van der Waals surface area (Å²) in [6.45, 7) is 11.7. The fourth-order valence-electron chi connectivity index (χ4n) is 2.19. The van der Waals surface area contributed by atoms with Crippen molar-refractivity contribution < 1.29 is 9.47 Å². The van der Waals surface area contributed by atoms with E-state index in [1.807, 2.05) is 13.8 Å². The lowest BCUT2D eigenvalue weighted by Gasteiger charge is -2.25. The molecule has 0 saturated carbocycles. The molecule has 1 N–H and O–H groups in total. The standard InChI is InChI=1S/C13H28N2O2/c1-3-16-10-8-15(9-11-17-4-2)12-13-6-5-7-14-13/h13-14H,3-12H2,1-2H3. The van der Waals surface area contributed by atoms with Crippen LogP contribution in [0, 0.1) is 0 Å². The van der Waals surface area contributed by atoms with Crippen LogP contribution in [0.2, 0.25) is 0 Å². The van der Waals surface area contributed by atoms with E-state index in [1.165, 1.54) is 19.4 Å². The van der Waals surface area contributed by atoms with E-state index < -0.39 is 0 Å². The summed E-state index contributed by atoms with van der Waals surface area (Å²) in [5, 5.41) is 3.54. The zero-order valence-corrected chi connectivity index (χ0v) is 11.4. The van der Waals surface area contributed by atoms with Crippen molar-refractivity contribution >= 4 is 0 Å². The number of hydrogen-bond acceptors (Lipinski definition) is 4. The first-order chi connectivity index (χ1) is 8.36. The summed E-state index contributed by atoms with van der Waals surface area (Å²) < 4.78 is 10.9. The summed E-state index contributed by atoms with van der Waals surface area (Å²) in [5.74, 6) is 0. The first-order valence-corrected chi connectivity index (χ1v) is 6.98. The summed E-state index contributed by atoms with van der Waals surface area (Å²) in [7, 11) is 0. The van der Waals surface area contributed by atoms with E-state index >= 15 is 0 Å². The summed E-state index contributed by atoms with van der Waals surface area (Å²) in [4.78, 5) is 2.45. The summed E-state index contributed by atoms with van der Waals surface area (Å²) >= 11 is 0. The molecule has 0 amide bonds. The summed E-state index contributed by atoms with van der Waals surface area (Å²) in [5.41, 5.74) is 0. The Balaban J connectivity index is 2.18. The lowest BCUT2D eigenvalue weighted by molar-refractivity contribution is 0.0794. The van der Waals surface area contributed by atoms with Gasteiger partial charge < -0.3 is 14.8 Å². The van der Waals surface area contributed by atoms with Gasteiger partial charge >= 0.3 is 0 Å². The molecule has 0 aliphatic carbocycles. The lowest BCUT2D eigenvalue weighted by atomic mass is 10.2. The van der Waals surface area contributed by atoms with Crippen LogP contribution in [-0.4, -0.2) is 63.5 Å². The maximum Gasteiger partial charge on any atom is 0.0593 e. The minimum absolute atomic E-state index is 0.665. The van der Waals surface area contributed by atoms with Crippen LogP contribution >= 0.6 is 0 Å².